The van der Waals surface area contributed by atoms with Gasteiger partial charge in [-0.3, -0.25) is 4.79 Å². The van der Waals surface area contributed by atoms with E-state index in [1.165, 1.54) is 5.56 Å². The van der Waals surface area contributed by atoms with Crippen LogP contribution in [0.5, 0.6) is 0 Å². The maximum absolute atomic E-state index is 10.8. The SMILES string of the molecule is Cc1ccc(-c2ccc(NC3CC3C(=O)O)nn2)cc1. The zero-order chi connectivity index (χ0) is 14.1. The van der Waals surface area contributed by atoms with Crippen LogP contribution in [0.25, 0.3) is 11.3 Å². The van der Waals surface area contributed by atoms with E-state index in [4.69, 9.17) is 5.11 Å². The predicted molar refractivity (Wildman–Crippen MR) is 75.4 cm³/mol. The average Bonchev–Trinajstić information content (AvgIpc) is 3.20. The quantitative estimate of drug-likeness (QED) is 0.891. The molecule has 5 heteroatoms. The molecule has 102 valence electrons. The van der Waals surface area contributed by atoms with Crippen LogP contribution in [0.2, 0.25) is 0 Å². The van der Waals surface area contributed by atoms with E-state index in [9.17, 15) is 4.79 Å². The molecule has 1 aliphatic rings. The molecular formula is C15H15N3O2. The van der Waals surface area contributed by atoms with Gasteiger partial charge in [0.25, 0.3) is 0 Å². The Morgan fingerprint density at radius 2 is 1.95 bits per heavy atom. The number of nitrogens with one attached hydrogen (secondary N) is 1. The fourth-order valence-corrected chi connectivity index (χ4v) is 2.10. The van der Waals surface area contributed by atoms with Gasteiger partial charge < -0.3 is 10.4 Å². The standard InChI is InChI=1S/C15H15N3O2/c1-9-2-4-10(5-3-9)12-6-7-14(18-17-12)16-13-8-11(13)15(19)20/h2-7,11,13H,8H2,1H3,(H,16,18)(H,19,20). The second-order valence-corrected chi connectivity index (χ2v) is 5.10. The summed E-state index contributed by atoms with van der Waals surface area (Å²) in [6, 6.07) is 11.8. The van der Waals surface area contributed by atoms with E-state index in [0.29, 0.717) is 12.2 Å². The molecule has 0 aliphatic heterocycles. The normalized spacial score (nSPS) is 20.4. The largest absolute Gasteiger partial charge is 0.481 e. The van der Waals surface area contributed by atoms with Gasteiger partial charge in [0.1, 0.15) is 5.82 Å². The van der Waals surface area contributed by atoms with Crippen LogP contribution in [0, 0.1) is 12.8 Å². The van der Waals surface area contributed by atoms with Crippen LogP contribution in [-0.4, -0.2) is 27.3 Å². The van der Waals surface area contributed by atoms with Crippen LogP contribution < -0.4 is 5.32 Å². The highest BCUT2D eigenvalue weighted by molar-refractivity contribution is 5.75. The van der Waals surface area contributed by atoms with Crippen molar-refractivity contribution < 1.29 is 9.90 Å². The van der Waals surface area contributed by atoms with Crippen molar-refractivity contribution in [1.82, 2.24) is 10.2 Å². The fraction of sp³-hybridized carbons (Fsp3) is 0.267. The third-order valence-corrected chi connectivity index (χ3v) is 3.45. The van der Waals surface area contributed by atoms with Crippen LogP contribution >= 0.6 is 0 Å². The number of nitrogens with zero attached hydrogens (tertiary/aromatic N) is 2. The minimum Gasteiger partial charge on any atom is -0.481 e. The molecule has 1 saturated carbocycles. The lowest BCUT2D eigenvalue weighted by Crippen LogP contribution is -2.11. The number of rotatable bonds is 4. The third-order valence-electron chi connectivity index (χ3n) is 3.45. The molecule has 1 heterocycles. The van der Waals surface area contributed by atoms with Gasteiger partial charge in [0.15, 0.2) is 0 Å². The molecule has 2 atom stereocenters. The van der Waals surface area contributed by atoms with Crippen molar-refractivity contribution in [3.05, 3.63) is 42.0 Å². The van der Waals surface area contributed by atoms with Crippen molar-refractivity contribution in [3.8, 4) is 11.3 Å². The molecule has 0 spiro atoms. The van der Waals surface area contributed by atoms with Gasteiger partial charge in [0.2, 0.25) is 0 Å². The monoisotopic (exact) mass is 269 g/mol. The van der Waals surface area contributed by atoms with Gasteiger partial charge in [0, 0.05) is 11.6 Å². The minimum absolute atomic E-state index is 0.0213. The Bertz CT molecular complexity index is 623. The number of anilines is 1. The summed E-state index contributed by atoms with van der Waals surface area (Å²) in [7, 11) is 0. The Balaban J connectivity index is 1.69. The van der Waals surface area contributed by atoms with Crippen LogP contribution in [0.15, 0.2) is 36.4 Å². The average molecular weight is 269 g/mol. The summed E-state index contributed by atoms with van der Waals surface area (Å²) in [5.74, 6) is -0.435. The molecule has 0 amide bonds. The van der Waals surface area contributed by atoms with E-state index in [1.54, 1.807) is 0 Å². The van der Waals surface area contributed by atoms with Crippen molar-refractivity contribution in [2.45, 2.75) is 19.4 Å². The van der Waals surface area contributed by atoms with Crippen molar-refractivity contribution in [1.29, 1.82) is 0 Å². The summed E-state index contributed by atoms with van der Waals surface area (Å²) in [6.45, 7) is 2.04. The lowest BCUT2D eigenvalue weighted by Gasteiger charge is -2.05. The first kappa shape index (κ1) is 12.6. The van der Waals surface area contributed by atoms with E-state index in [-0.39, 0.29) is 12.0 Å². The molecule has 0 radical (unpaired) electrons. The third kappa shape index (κ3) is 2.61. The minimum atomic E-state index is -0.758. The van der Waals surface area contributed by atoms with E-state index in [0.717, 1.165) is 11.3 Å². The molecule has 3 rings (SSSR count). The van der Waals surface area contributed by atoms with Crippen molar-refractivity contribution in [2.24, 2.45) is 5.92 Å². The molecule has 20 heavy (non-hydrogen) atoms. The summed E-state index contributed by atoms with van der Waals surface area (Å²) in [5.41, 5.74) is 3.03. The number of hydrogen-bond donors (Lipinski definition) is 2. The molecular weight excluding hydrogens is 254 g/mol. The molecule has 0 saturated heterocycles. The van der Waals surface area contributed by atoms with E-state index in [1.807, 2.05) is 43.3 Å². The summed E-state index contributed by atoms with van der Waals surface area (Å²) >= 11 is 0. The Labute approximate surface area is 116 Å². The molecule has 2 N–H and O–H groups in total. The molecule has 0 bridgehead atoms. The smallest absolute Gasteiger partial charge is 0.308 e. The van der Waals surface area contributed by atoms with Crippen LogP contribution in [-0.2, 0) is 4.79 Å². The summed E-state index contributed by atoms with van der Waals surface area (Å²) in [4.78, 5) is 10.8. The maximum atomic E-state index is 10.8. The summed E-state index contributed by atoms with van der Waals surface area (Å²) in [5, 5.41) is 20.2. The van der Waals surface area contributed by atoms with Gasteiger partial charge in [-0.05, 0) is 25.5 Å². The first-order chi connectivity index (χ1) is 9.63. The van der Waals surface area contributed by atoms with Crippen molar-refractivity contribution in [2.75, 3.05) is 5.32 Å². The van der Waals surface area contributed by atoms with Gasteiger partial charge in [-0.25, -0.2) is 0 Å². The highest BCUT2D eigenvalue weighted by Crippen LogP contribution is 2.33. The van der Waals surface area contributed by atoms with Crippen LogP contribution in [0.1, 0.15) is 12.0 Å². The van der Waals surface area contributed by atoms with Gasteiger partial charge >= 0.3 is 5.97 Å². The Morgan fingerprint density at radius 1 is 1.20 bits per heavy atom. The number of aliphatic carboxylic acids is 1. The number of aromatic nitrogens is 2. The van der Waals surface area contributed by atoms with Crippen molar-refractivity contribution >= 4 is 11.8 Å². The van der Waals surface area contributed by atoms with Gasteiger partial charge in [0.05, 0.1) is 11.6 Å². The first-order valence-corrected chi connectivity index (χ1v) is 6.53. The Kier molecular flexibility index (Phi) is 3.10. The van der Waals surface area contributed by atoms with E-state index < -0.39 is 5.97 Å². The molecule has 2 unspecified atom stereocenters. The number of aryl methyl sites for hydroxylation is 1. The molecule has 1 fully saturated rings. The second kappa shape index (κ2) is 4.92. The highest BCUT2D eigenvalue weighted by Gasteiger charge is 2.43. The van der Waals surface area contributed by atoms with Gasteiger partial charge in [-0.2, -0.15) is 0 Å². The first-order valence-electron chi connectivity index (χ1n) is 6.53. The van der Waals surface area contributed by atoms with Crippen molar-refractivity contribution in [3.63, 3.8) is 0 Å². The molecule has 5 nitrogen and oxygen atoms in total. The topological polar surface area (TPSA) is 75.1 Å². The maximum Gasteiger partial charge on any atom is 0.308 e. The molecule has 1 aromatic carbocycles. The molecule has 2 aromatic rings. The zero-order valence-corrected chi connectivity index (χ0v) is 11.1. The highest BCUT2D eigenvalue weighted by atomic mass is 16.4. The predicted octanol–water partition coefficient (Wildman–Crippen LogP) is 2.34. The Hall–Kier alpha value is -2.43. The lowest BCUT2D eigenvalue weighted by molar-refractivity contribution is -0.138. The number of carbonyl (C=O) groups is 1. The van der Waals surface area contributed by atoms with E-state index >= 15 is 0 Å². The lowest BCUT2D eigenvalue weighted by atomic mass is 10.1. The van der Waals surface area contributed by atoms with E-state index in [2.05, 4.69) is 15.5 Å². The van der Waals surface area contributed by atoms with Crippen LogP contribution in [0.3, 0.4) is 0 Å². The molecule has 1 aromatic heterocycles. The number of carboxylic acid groups (broad SMARTS) is 1. The van der Waals surface area contributed by atoms with Gasteiger partial charge in [-0.15, -0.1) is 10.2 Å². The zero-order valence-electron chi connectivity index (χ0n) is 11.1. The number of carboxylic acids is 1. The van der Waals surface area contributed by atoms with Gasteiger partial charge in [-0.1, -0.05) is 29.8 Å². The second-order valence-electron chi connectivity index (χ2n) is 5.10. The summed E-state index contributed by atoms with van der Waals surface area (Å²) in [6.07, 6.45) is 0.650. The Morgan fingerprint density at radius 3 is 2.50 bits per heavy atom. The number of benzene rings is 1. The fourth-order valence-electron chi connectivity index (χ4n) is 2.10. The summed E-state index contributed by atoms with van der Waals surface area (Å²) < 4.78 is 0. The number of hydrogen-bond acceptors (Lipinski definition) is 4. The van der Waals surface area contributed by atoms with Crippen LogP contribution in [0.4, 0.5) is 5.82 Å². The molecule has 1 aliphatic carbocycles.